The lowest BCUT2D eigenvalue weighted by Crippen LogP contribution is -2.60. The highest BCUT2D eigenvalue weighted by atomic mass is 16.7. The van der Waals surface area contributed by atoms with Gasteiger partial charge in [-0.3, -0.25) is 4.79 Å². The number of hydrogen-bond acceptors (Lipinski definition) is 8. The van der Waals surface area contributed by atoms with Crippen LogP contribution in [-0.4, -0.2) is 87.5 Å². The summed E-state index contributed by atoms with van der Waals surface area (Å²) in [4.78, 5) is 12.9. The van der Waals surface area contributed by atoms with Gasteiger partial charge in [0.05, 0.1) is 25.4 Å². The molecule has 1 aliphatic heterocycles. The van der Waals surface area contributed by atoms with Gasteiger partial charge < -0.3 is 40.3 Å². The van der Waals surface area contributed by atoms with Gasteiger partial charge in [-0.25, -0.2) is 0 Å². The molecule has 0 aromatic heterocycles. The van der Waals surface area contributed by atoms with Crippen molar-refractivity contribution in [3.05, 3.63) is 12.2 Å². The molecule has 296 valence electrons. The molecule has 9 heteroatoms. The zero-order chi connectivity index (χ0) is 36.7. The van der Waals surface area contributed by atoms with Crippen LogP contribution in [-0.2, 0) is 14.3 Å². The second kappa shape index (κ2) is 32.6. The minimum absolute atomic E-state index is 0.178. The fraction of sp³-hybridized carbons (Fsp3) is 0.927. The monoisotopic (exact) mass is 714 g/mol. The smallest absolute Gasteiger partial charge is 0.220 e. The lowest BCUT2D eigenvalue weighted by molar-refractivity contribution is -0.302. The highest BCUT2D eigenvalue weighted by molar-refractivity contribution is 5.76. The molecule has 0 radical (unpaired) electrons. The van der Waals surface area contributed by atoms with Crippen LogP contribution >= 0.6 is 0 Å². The van der Waals surface area contributed by atoms with Crippen molar-refractivity contribution in [2.45, 2.75) is 230 Å². The third-order valence-electron chi connectivity index (χ3n) is 10.1. The van der Waals surface area contributed by atoms with Crippen molar-refractivity contribution < 1.29 is 39.8 Å². The molecule has 1 saturated heterocycles. The number of carbonyl (C=O) groups excluding carboxylic acids is 1. The van der Waals surface area contributed by atoms with Crippen LogP contribution in [0.5, 0.6) is 0 Å². The lowest BCUT2D eigenvalue weighted by Gasteiger charge is -2.40. The van der Waals surface area contributed by atoms with Gasteiger partial charge in [-0.2, -0.15) is 0 Å². The zero-order valence-electron chi connectivity index (χ0n) is 32.2. The van der Waals surface area contributed by atoms with E-state index in [-0.39, 0.29) is 12.5 Å². The molecule has 9 nitrogen and oxygen atoms in total. The van der Waals surface area contributed by atoms with Crippen LogP contribution in [0, 0.1) is 0 Å². The van der Waals surface area contributed by atoms with Crippen molar-refractivity contribution in [2.24, 2.45) is 0 Å². The largest absolute Gasteiger partial charge is 0.394 e. The van der Waals surface area contributed by atoms with E-state index in [1.54, 1.807) is 6.08 Å². The van der Waals surface area contributed by atoms with Crippen LogP contribution in [0.15, 0.2) is 12.2 Å². The number of ether oxygens (including phenoxy) is 2. The van der Waals surface area contributed by atoms with Crippen molar-refractivity contribution in [3.8, 4) is 0 Å². The Bertz CT molecular complexity index is 797. The number of aliphatic hydroxyl groups is 5. The van der Waals surface area contributed by atoms with E-state index in [2.05, 4.69) is 19.2 Å². The predicted molar refractivity (Wildman–Crippen MR) is 203 cm³/mol. The Balaban J connectivity index is 2.41. The molecule has 0 bridgehead atoms. The first-order valence-corrected chi connectivity index (χ1v) is 20.9. The van der Waals surface area contributed by atoms with Crippen molar-refractivity contribution in [2.75, 3.05) is 13.2 Å². The van der Waals surface area contributed by atoms with Crippen LogP contribution in [0.4, 0.5) is 0 Å². The average Bonchev–Trinajstić information content (AvgIpc) is 3.11. The third kappa shape index (κ3) is 23.5. The second-order valence-electron chi connectivity index (χ2n) is 14.8. The highest BCUT2D eigenvalue weighted by Gasteiger charge is 2.44. The van der Waals surface area contributed by atoms with Crippen LogP contribution in [0.2, 0.25) is 0 Å². The number of hydrogen-bond donors (Lipinski definition) is 6. The second-order valence-corrected chi connectivity index (χ2v) is 14.8. The first-order chi connectivity index (χ1) is 24.3. The maximum absolute atomic E-state index is 12.9. The average molecular weight is 714 g/mol. The Kier molecular flexibility index (Phi) is 30.6. The van der Waals surface area contributed by atoms with E-state index in [4.69, 9.17) is 9.47 Å². The minimum atomic E-state index is -1.56. The van der Waals surface area contributed by atoms with Crippen molar-refractivity contribution in [1.29, 1.82) is 0 Å². The zero-order valence-corrected chi connectivity index (χ0v) is 32.2. The maximum atomic E-state index is 12.9. The number of allylic oxidation sites excluding steroid dienone is 1. The topological polar surface area (TPSA) is 149 Å². The van der Waals surface area contributed by atoms with Gasteiger partial charge in [0, 0.05) is 6.42 Å². The van der Waals surface area contributed by atoms with Gasteiger partial charge in [-0.1, -0.05) is 174 Å². The number of carbonyl (C=O) groups is 1. The Labute approximate surface area is 306 Å². The van der Waals surface area contributed by atoms with Gasteiger partial charge in [-0.05, 0) is 19.3 Å². The summed E-state index contributed by atoms with van der Waals surface area (Å²) >= 11 is 0. The van der Waals surface area contributed by atoms with Gasteiger partial charge in [0.2, 0.25) is 5.91 Å². The molecule has 6 N–H and O–H groups in total. The summed E-state index contributed by atoms with van der Waals surface area (Å²) in [7, 11) is 0. The number of nitrogens with one attached hydrogen (secondary N) is 1. The predicted octanol–water partition coefficient (Wildman–Crippen LogP) is 7.78. The Hall–Kier alpha value is -1.07. The quantitative estimate of drug-likeness (QED) is 0.0293. The summed E-state index contributed by atoms with van der Waals surface area (Å²) in [5.41, 5.74) is 0. The Morgan fingerprint density at radius 2 is 1.10 bits per heavy atom. The van der Waals surface area contributed by atoms with E-state index in [9.17, 15) is 30.3 Å². The molecule has 50 heavy (non-hydrogen) atoms. The van der Waals surface area contributed by atoms with E-state index in [0.717, 1.165) is 38.5 Å². The molecule has 0 saturated carbocycles. The number of unbranched alkanes of at least 4 members (excludes halogenated alkanes) is 24. The number of rotatable bonds is 34. The summed E-state index contributed by atoms with van der Waals surface area (Å²) in [6, 6.07) is -0.796. The van der Waals surface area contributed by atoms with E-state index < -0.39 is 49.5 Å². The van der Waals surface area contributed by atoms with Crippen LogP contribution in [0.25, 0.3) is 0 Å². The summed E-state index contributed by atoms with van der Waals surface area (Å²) in [6.07, 6.45) is 28.2. The molecule has 0 spiro atoms. The van der Waals surface area contributed by atoms with E-state index >= 15 is 0 Å². The van der Waals surface area contributed by atoms with Gasteiger partial charge in [0.25, 0.3) is 0 Å². The van der Waals surface area contributed by atoms with Crippen LogP contribution in [0.3, 0.4) is 0 Å². The maximum Gasteiger partial charge on any atom is 0.220 e. The molecule has 7 unspecified atom stereocenters. The first-order valence-electron chi connectivity index (χ1n) is 20.9. The van der Waals surface area contributed by atoms with Gasteiger partial charge in [0.1, 0.15) is 24.4 Å². The molecular weight excluding hydrogens is 634 g/mol. The number of amides is 1. The minimum Gasteiger partial charge on any atom is -0.394 e. The summed E-state index contributed by atoms with van der Waals surface area (Å²) in [5, 5.41) is 54.0. The van der Waals surface area contributed by atoms with E-state index in [1.807, 2.05) is 6.08 Å². The van der Waals surface area contributed by atoms with Crippen molar-refractivity contribution in [3.63, 3.8) is 0 Å². The van der Waals surface area contributed by atoms with Gasteiger partial charge in [-0.15, -0.1) is 0 Å². The van der Waals surface area contributed by atoms with Crippen LogP contribution < -0.4 is 5.32 Å². The fourth-order valence-electron chi connectivity index (χ4n) is 6.68. The summed E-state index contributed by atoms with van der Waals surface area (Å²) < 4.78 is 11.2. The fourth-order valence-corrected chi connectivity index (χ4v) is 6.68. The third-order valence-corrected chi connectivity index (χ3v) is 10.1. The molecule has 0 aliphatic carbocycles. The molecule has 7 atom stereocenters. The standard InChI is InChI=1S/C41H79NO8/c1-3-5-7-9-11-13-15-16-17-18-19-21-22-24-26-28-30-35(44)34(33-49-41-40(48)39(47)38(46)36(32-43)50-41)42-37(45)31-29-27-25-23-20-14-12-10-8-6-4-2/h28,30,34-36,38-41,43-44,46-48H,3-27,29,31-33H2,1-2H3,(H,42,45)/b30-28+. The summed E-state index contributed by atoms with van der Waals surface area (Å²) in [6.45, 7) is 3.75. The molecule has 0 aromatic carbocycles. The van der Waals surface area contributed by atoms with Crippen LogP contribution in [0.1, 0.15) is 187 Å². The summed E-state index contributed by atoms with van der Waals surface area (Å²) in [5.74, 6) is -0.178. The van der Waals surface area contributed by atoms with E-state index in [0.29, 0.717) is 6.42 Å². The normalized spacial score (nSPS) is 22.3. The lowest BCUT2D eigenvalue weighted by atomic mass is 9.99. The first kappa shape index (κ1) is 47.0. The molecule has 1 aliphatic rings. The molecular formula is C41H79NO8. The molecule has 0 aromatic rings. The molecule has 1 amide bonds. The molecule has 1 rings (SSSR count). The van der Waals surface area contributed by atoms with Gasteiger partial charge in [0.15, 0.2) is 6.29 Å². The molecule has 1 heterocycles. The van der Waals surface area contributed by atoms with E-state index in [1.165, 1.54) is 128 Å². The molecule has 1 fully saturated rings. The van der Waals surface area contributed by atoms with Crippen molar-refractivity contribution in [1.82, 2.24) is 5.32 Å². The Morgan fingerprint density at radius 1 is 0.660 bits per heavy atom. The Morgan fingerprint density at radius 3 is 1.56 bits per heavy atom. The van der Waals surface area contributed by atoms with Crippen molar-refractivity contribution >= 4 is 5.91 Å². The van der Waals surface area contributed by atoms with Gasteiger partial charge >= 0.3 is 0 Å². The number of aliphatic hydroxyl groups excluding tert-OH is 5. The highest BCUT2D eigenvalue weighted by Crippen LogP contribution is 2.22. The SMILES string of the molecule is CCCCCCCCCCCCCCCC/C=C/C(O)C(COC1OC(CO)C(O)C(O)C1O)NC(=O)CCCCCCCCCCCCC.